The molecule has 0 bridgehead atoms. The van der Waals surface area contributed by atoms with Crippen molar-refractivity contribution in [1.82, 2.24) is 5.32 Å². The van der Waals surface area contributed by atoms with Gasteiger partial charge in [0.05, 0.1) is 0 Å². The molecule has 0 fully saturated rings. The van der Waals surface area contributed by atoms with E-state index in [2.05, 4.69) is 52.1 Å². The summed E-state index contributed by atoms with van der Waals surface area (Å²) < 4.78 is 0. The fourth-order valence-corrected chi connectivity index (χ4v) is 2.26. The molecule has 17 heavy (non-hydrogen) atoms. The number of rotatable bonds is 4. The lowest BCUT2D eigenvalue weighted by Crippen LogP contribution is -2.13. The first kappa shape index (κ1) is 14.2. The maximum atomic E-state index is 3.21. The molecule has 0 aliphatic heterocycles. The number of hydrogen-bond donors (Lipinski definition) is 1. The lowest BCUT2D eigenvalue weighted by molar-refractivity contribution is 0.588. The van der Waals surface area contributed by atoms with Crippen molar-refractivity contribution in [3.05, 3.63) is 34.4 Å². The van der Waals surface area contributed by atoms with Gasteiger partial charge < -0.3 is 5.32 Å². The van der Waals surface area contributed by atoms with Gasteiger partial charge in [-0.05, 0) is 68.0 Å². The van der Waals surface area contributed by atoms with Gasteiger partial charge in [-0.25, -0.2) is 0 Å². The van der Waals surface area contributed by atoms with Crippen LogP contribution in [-0.2, 0) is 11.8 Å². The largest absolute Gasteiger partial charge is 0.320 e. The zero-order valence-corrected chi connectivity index (χ0v) is 12.3. The summed E-state index contributed by atoms with van der Waals surface area (Å²) in [6.07, 6.45) is 2.40. The predicted octanol–water partition coefficient (Wildman–Crippen LogP) is 3.75. The van der Waals surface area contributed by atoms with Crippen molar-refractivity contribution in [1.29, 1.82) is 0 Å². The van der Waals surface area contributed by atoms with Gasteiger partial charge >= 0.3 is 0 Å². The van der Waals surface area contributed by atoms with Gasteiger partial charge in [0.1, 0.15) is 0 Å². The Morgan fingerprint density at radius 1 is 1.06 bits per heavy atom. The molecule has 1 heteroatoms. The van der Waals surface area contributed by atoms with Crippen LogP contribution in [0.1, 0.15) is 49.4 Å². The van der Waals surface area contributed by atoms with E-state index < -0.39 is 0 Å². The number of aryl methyl sites for hydroxylation is 2. The molecule has 1 aromatic rings. The van der Waals surface area contributed by atoms with Crippen LogP contribution in [0.5, 0.6) is 0 Å². The number of hydrogen-bond acceptors (Lipinski definition) is 1. The standard InChI is InChI=1S/C16H27N/c1-12-10-14(16(3,4)5)11-13(2)15(12)8-7-9-17-6/h10-11,17H,7-9H2,1-6H3. The first-order valence-corrected chi connectivity index (χ1v) is 6.61. The highest BCUT2D eigenvalue weighted by atomic mass is 14.8. The first-order valence-electron chi connectivity index (χ1n) is 6.61. The summed E-state index contributed by atoms with van der Waals surface area (Å²) in [7, 11) is 2.02. The van der Waals surface area contributed by atoms with Crippen molar-refractivity contribution in [2.45, 2.75) is 52.9 Å². The van der Waals surface area contributed by atoms with E-state index in [1.807, 2.05) is 7.05 Å². The minimum absolute atomic E-state index is 0.249. The number of benzene rings is 1. The lowest BCUT2D eigenvalue weighted by atomic mass is 9.83. The van der Waals surface area contributed by atoms with E-state index in [-0.39, 0.29) is 5.41 Å². The highest BCUT2D eigenvalue weighted by molar-refractivity contribution is 5.40. The maximum absolute atomic E-state index is 3.21. The smallest absolute Gasteiger partial charge is 0.00488 e. The zero-order chi connectivity index (χ0) is 13.1. The van der Waals surface area contributed by atoms with E-state index in [4.69, 9.17) is 0 Å². The van der Waals surface area contributed by atoms with E-state index in [0.717, 1.165) is 6.54 Å². The predicted molar refractivity (Wildman–Crippen MR) is 76.9 cm³/mol. The molecule has 1 nitrogen and oxygen atoms in total. The molecule has 0 unspecified atom stereocenters. The quantitative estimate of drug-likeness (QED) is 0.781. The minimum Gasteiger partial charge on any atom is -0.320 e. The zero-order valence-electron chi connectivity index (χ0n) is 12.3. The minimum atomic E-state index is 0.249. The summed E-state index contributed by atoms with van der Waals surface area (Å²) in [6, 6.07) is 4.73. The second kappa shape index (κ2) is 5.68. The van der Waals surface area contributed by atoms with Crippen LogP contribution in [0, 0.1) is 13.8 Å². The van der Waals surface area contributed by atoms with Gasteiger partial charge in [0.15, 0.2) is 0 Å². The van der Waals surface area contributed by atoms with Crippen LogP contribution in [-0.4, -0.2) is 13.6 Å². The van der Waals surface area contributed by atoms with Crippen LogP contribution in [0.3, 0.4) is 0 Å². The van der Waals surface area contributed by atoms with Gasteiger partial charge in [0.25, 0.3) is 0 Å². The second-order valence-electron chi connectivity index (χ2n) is 6.05. The fourth-order valence-electron chi connectivity index (χ4n) is 2.26. The Bertz CT molecular complexity index is 349. The lowest BCUT2D eigenvalue weighted by Gasteiger charge is -2.22. The Labute approximate surface area is 107 Å². The molecule has 0 saturated heterocycles. The molecule has 1 aromatic carbocycles. The molecule has 1 N–H and O–H groups in total. The summed E-state index contributed by atoms with van der Waals surface area (Å²) >= 11 is 0. The molecule has 0 aliphatic rings. The number of nitrogens with one attached hydrogen (secondary N) is 1. The summed E-state index contributed by atoms with van der Waals surface area (Å²) in [5, 5.41) is 3.21. The Morgan fingerprint density at radius 2 is 1.59 bits per heavy atom. The Morgan fingerprint density at radius 3 is 2.00 bits per heavy atom. The van der Waals surface area contributed by atoms with Crippen LogP contribution in [0.2, 0.25) is 0 Å². The molecule has 0 radical (unpaired) electrons. The highest BCUT2D eigenvalue weighted by Crippen LogP contribution is 2.27. The van der Waals surface area contributed by atoms with E-state index in [1.54, 1.807) is 0 Å². The van der Waals surface area contributed by atoms with Crippen LogP contribution in [0.15, 0.2) is 12.1 Å². The second-order valence-corrected chi connectivity index (χ2v) is 6.05. The summed E-state index contributed by atoms with van der Waals surface area (Å²) in [5.74, 6) is 0. The molecular weight excluding hydrogens is 206 g/mol. The van der Waals surface area contributed by atoms with Gasteiger partial charge in [-0.1, -0.05) is 32.9 Å². The molecule has 0 spiro atoms. The van der Waals surface area contributed by atoms with Gasteiger partial charge in [0.2, 0.25) is 0 Å². The van der Waals surface area contributed by atoms with Crippen LogP contribution < -0.4 is 5.32 Å². The normalized spacial score (nSPS) is 11.9. The summed E-state index contributed by atoms with van der Waals surface area (Å²) in [6.45, 7) is 12.4. The molecule has 0 atom stereocenters. The fraction of sp³-hybridized carbons (Fsp3) is 0.625. The van der Waals surface area contributed by atoms with Gasteiger partial charge in [-0.15, -0.1) is 0 Å². The van der Waals surface area contributed by atoms with Crippen molar-refractivity contribution in [2.75, 3.05) is 13.6 Å². The van der Waals surface area contributed by atoms with Crippen molar-refractivity contribution >= 4 is 0 Å². The van der Waals surface area contributed by atoms with Gasteiger partial charge in [-0.3, -0.25) is 0 Å². The Hall–Kier alpha value is -0.820. The topological polar surface area (TPSA) is 12.0 Å². The maximum Gasteiger partial charge on any atom is -0.00488 e. The van der Waals surface area contributed by atoms with E-state index in [9.17, 15) is 0 Å². The van der Waals surface area contributed by atoms with Crippen LogP contribution >= 0.6 is 0 Å². The molecule has 0 aliphatic carbocycles. The van der Waals surface area contributed by atoms with Gasteiger partial charge in [-0.2, -0.15) is 0 Å². The molecule has 1 rings (SSSR count). The van der Waals surface area contributed by atoms with Crippen molar-refractivity contribution < 1.29 is 0 Å². The average molecular weight is 233 g/mol. The molecule has 0 saturated carbocycles. The van der Waals surface area contributed by atoms with Crippen LogP contribution in [0.4, 0.5) is 0 Å². The van der Waals surface area contributed by atoms with E-state index in [1.165, 1.54) is 35.1 Å². The third kappa shape index (κ3) is 3.85. The Kier molecular flexibility index (Phi) is 4.76. The molecule has 96 valence electrons. The molecule has 0 heterocycles. The van der Waals surface area contributed by atoms with Crippen molar-refractivity contribution in [3.63, 3.8) is 0 Å². The Balaban J connectivity index is 2.95. The molecule has 0 aromatic heterocycles. The van der Waals surface area contributed by atoms with Gasteiger partial charge in [0, 0.05) is 0 Å². The highest BCUT2D eigenvalue weighted by Gasteiger charge is 2.15. The van der Waals surface area contributed by atoms with Crippen molar-refractivity contribution in [3.8, 4) is 0 Å². The van der Waals surface area contributed by atoms with Crippen LogP contribution in [0.25, 0.3) is 0 Å². The van der Waals surface area contributed by atoms with E-state index in [0.29, 0.717) is 0 Å². The summed E-state index contributed by atoms with van der Waals surface area (Å²) in [4.78, 5) is 0. The first-order chi connectivity index (χ1) is 7.86. The third-order valence-electron chi connectivity index (χ3n) is 3.42. The summed E-state index contributed by atoms with van der Waals surface area (Å²) in [5.41, 5.74) is 6.13. The molecular formula is C16H27N. The van der Waals surface area contributed by atoms with Crippen molar-refractivity contribution in [2.24, 2.45) is 0 Å². The average Bonchev–Trinajstić information content (AvgIpc) is 2.20. The SMILES string of the molecule is CNCCCc1c(C)cc(C(C)(C)C)cc1C. The third-order valence-corrected chi connectivity index (χ3v) is 3.42. The monoisotopic (exact) mass is 233 g/mol. The molecule has 0 amide bonds. The van der Waals surface area contributed by atoms with E-state index >= 15 is 0 Å².